The maximum absolute atomic E-state index is 14.0. The van der Waals surface area contributed by atoms with Gasteiger partial charge in [0.25, 0.3) is 5.91 Å². The number of hydrogen-bond donors (Lipinski definition) is 2. The van der Waals surface area contributed by atoms with E-state index in [1.165, 1.54) is 19.1 Å². The number of anilines is 1. The minimum absolute atomic E-state index is 0.0918. The lowest BCUT2D eigenvalue weighted by Crippen LogP contribution is -2.47. The van der Waals surface area contributed by atoms with Crippen LogP contribution < -0.4 is 19.1 Å². The summed E-state index contributed by atoms with van der Waals surface area (Å²) in [4.78, 5) is 28.3. The highest BCUT2D eigenvalue weighted by Crippen LogP contribution is 2.45. The summed E-state index contributed by atoms with van der Waals surface area (Å²) in [6.07, 6.45) is -2.55. The van der Waals surface area contributed by atoms with Crippen molar-refractivity contribution in [3.63, 3.8) is 0 Å². The van der Waals surface area contributed by atoms with Crippen LogP contribution in [0.25, 0.3) is 0 Å². The number of amides is 2. The van der Waals surface area contributed by atoms with Crippen LogP contribution in [0.1, 0.15) is 50.8 Å². The number of sulfonamides is 1. The Hall–Kier alpha value is -2.86. The molecule has 2 N–H and O–H groups in total. The van der Waals surface area contributed by atoms with Crippen molar-refractivity contribution in [2.24, 2.45) is 5.41 Å². The number of aliphatic hydroxyl groups excluding tert-OH is 1. The maximum Gasteiger partial charge on any atom is 0.256 e. The van der Waals surface area contributed by atoms with E-state index in [4.69, 9.17) is 25.8 Å². The lowest BCUT2D eigenvalue weighted by Gasteiger charge is -2.32. The van der Waals surface area contributed by atoms with Crippen LogP contribution in [0.2, 0.25) is 5.02 Å². The number of ether oxygens (including phenoxy) is 3. The molecule has 2 atom stereocenters. The van der Waals surface area contributed by atoms with E-state index in [1.54, 1.807) is 57.2 Å². The summed E-state index contributed by atoms with van der Waals surface area (Å²) in [5, 5.41) is 10.4. The second-order valence-corrected chi connectivity index (χ2v) is 12.4. The van der Waals surface area contributed by atoms with Gasteiger partial charge < -0.3 is 24.2 Å². The average molecular weight is 583 g/mol. The Balaban J connectivity index is 2.19. The summed E-state index contributed by atoms with van der Waals surface area (Å²) >= 11 is 6.40. The molecule has 1 aliphatic rings. The zero-order chi connectivity index (χ0) is 29.0. The summed E-state index contributed by atoms with van der Waals surface area (Å²) in [5.74, 6) is -0.879. The molecule has 0 saturated carbocycles. The minimum Gasteiger partial charge on any atom is -0.493 e. The van der Waals surface area contributed by atoms with Gasteiger partial charge in [-0.2, -0.15) is 0 Å². The molecular weight excluding hydrogens is 548 g/mol. The van der Waals surface area contributed by atoms with Gasteiger partial charge in [0.1, 0.15) is 12.2 Å². The predicted octanol–water partition coefficient (Wildman–Crippen LogP) is 3.44. The number of methoxy groups -OCH3 is 2. The Morgan fingerprint density at radius 3 is 2.51 bits per heavy atom. The van der Waals surface area contributed by atoms with Crippen molar-refractivity contribution in [1.29, 1.82) is 0 Å². The Morgan fingerprint density at radius 1 is 1.18 bits per heavy atom. The third-order valence-corrected chi connectivity index (χ3v) is 7.97. The molecule has 3 rings (SSSR count). The highest BCUT2D eigenvalue weighted by molar-refractivity contribution is 7.90. The van der Waals surface area contributed by atoms with Gasteiger partial charge in [0.2, 0.25) is 15.9 Å². The topological polar surface area (TPSA) is 131 Å². The van der Waals surface area contributed by atoms with Gasteiger partial charge in [-0.1, -0.05) is 44.5 Å². The SMILES string of the molecule is CCCS(=O)(=O)NC(=O)CC1OC(c2cccc(OC)c2OC)c2cc(Cl)ccc2N(CC(C)(C)CO)C1=O. The number of benzene rings is 2. The van der Waals surface area contributed by atoms with Crippen LogP contribution in [0.3, 0.4) is 0 Å². The molecule has 10 nitrogen and oxygen atoms in total. The smallest absolute Gasteiger partial charge is 0.256 e. The lowest BCUT2D eigenvalue weighted by molar-refractivity contribution is -0.137. The molecule has 0 spiro atoms. The monoisotopic (exact) mass is 582 g/mol. The number of nitrogens with zero attached hydrogens (tertiary/aromatic N) is 1. The van der Waals surface area contributed by atoms with Crippen molar-refractivity contribution >= 4 is 39.1 Å². The number of carbonyl (C=O) groups is 2. The Morgan fingerprint density at radius 2 is 1.90 bits per heavy atom. The summed E-state index contributed by atoms with van der Waals surface area (Å²) in [5.41, 5.74) is 0.803. The second-order valence-electron chi connectivity index (χ2n) is 10.1. The molecular formula is C27H35ClN2O8S. The van der Waals surface area contributed by atoms with E-state index >= 15 is 0 Å². The number of para-hydroxylation sites is 1. The highest BCUT2D eigenvalue weighted by atomic mass is 35.5. The predicted molar refractivity (Wildman–Crippen MR) is 148 cm³/mol. The quantitative estimate of drug-likeness (QED) is 0.412. The summed E-state index contributed by atoms with van der Waals surface area (Å²) in [6.45, 7) is 5.14. The van der Waals surface area contributed by atoms with E-state index < -0.39 is 45.9 Å². The van der Waals surface area contributed by atoms with Crippen LogP contribution in [-0.2, 0) is 24.3 Å². The third kappa shape index (κ3) is 7.21. The molecule has 0 aliphatic carbocycles. The number of rotatable bonds is 11. The van der Waals surface area contributed by atoms with Gasteiger partial charge in [0, 0.05) is 40.4 Å². The molecule has 2 unspecified atom stereocenters. The lowest BCUT2D eigenvalue weighted by atomic mass is 9.92. The Labute approximate surface area is 234 Å². The molecule has 0 aromatic heterocycles. The van der Waals surface area contributed by atoms with E-state index in [0.717, 1.165) is 0 Å². The molecule has 2 amide bonds. The van der Waals surface area contributed by atoms with Crippen LogP contribution in [0, 0.1) is 5.41 Å². The first-order valence-electron chi connectivity index (χ1n) is 12.5. The average Bonchev–Trinajstić information content (AvgIpc) is 2.97. The molecule has 0 bridgehead atoms. The number of halogens is 1. The van der Waals surface area contributed by atoms with Gasteiger partial charge >= 0.3 is 0 Å². The molecule has 0 saturated heterocycles. The molecule has 2 aromatic carbocycles. The number of hydrogen-bond acceptors (Lipinski definition) is 8. The van der Waals surface area contributed by atoms with Gasteiger partial charge in [-0.25, -0.2) is 8.42 Å². The third-order valence-electron chi connectivity index (χ3n) is 6.25. The molecule has 39 heavy (non-hydrogen) atoms. The second kappa shape index (κ2) is 12.5. The Kier molecular flexibility index (Phi) is 9.87. The van der Waals surface area contributed by atoms with Crippen LogP contribution in [0.15, 0.2) is 36.4 Å². The van der Waals surface area contributed by atoms with Gasteiger partial charge in [0.15, 0.2) is 11.5 Å². The summed E-state index contributed by atoms with van der Waals surface area (Å²) in [6, 6.07) is 10.2. The van der Waals surface area contributed by atoms with Crippen molar-refractivity contribution in [1.82, 2.24) is 4.72 Å². The number of fused-ring (bicyclic) bond motifs is 1. The van der Waals surface area contributed by atoms with E-state index in [2.05, 4.69) is 0 Å². The summed E-state index contributed by atoms with van der Waals surface area (Å²) in [7, 11) is -0.900. The van der Waals surface area contributed by atoms with Crippen molar-refractivity contribution in [2.45, 2.75) is 45.8 Å². The number of nitrogens with one attached hydrogen (secondary N) is 1. The van der Waals surface area contributed by atoms with Crippen molar-refractivity contribution in [2.75, 3.05) is 38.0 Å². The molecule has 1 aliphatic heterocycles. The van der Waals surface area contributed by atoms with Crippen molar-refractivity contribution in [3.8, 4) is 11.5 Å². The zero-order valence-electron chi connectivity index (χ0n) is 22.7. The maximum atomic E-state index is 14.0. The van der Waals surface area contributed by atoms with E-state index in [1.807, 2.05) is 4.72 Å². The van der Waals surface area contributed by atoms with Crippen molar-refractivity contribution in [3.05, 3.63) is 52.5 Å². The van der Waals surface area contributed by atoms with E-state index in [-0.39, 0.29) is 18.9 Å². The first-order valence-corrected chi connectivity index (χ1v) is 14.5. The van der Waals surface area contributed by atoms with Gasteiger partial charge in [-0.05, 0) is 30.7 Å². The van der Waals surface area contributed by atoms with Gasteiger partial charge in [-0.3, -0.25) is 14.3 Å². The van der Waals surface area contributed by atoms with Crippen LogP contribution in [0.4, 0.5) is 5.69 Å². The van der Waals surface area contributed by atoms with Crippen molar-refractivity contribution < 1.29 is 37.3 Å². The molecule has 12 heteroatoms. The van der Waals surface area contributed by atoms with Crippen LogP contribution in [-0.4, -0.2) is 64.6 Å². The first kappa shape index (κ1) is 30.7. The largest absolute Gasteiger partial charge is 0.493 e. The summed E-state index contributed by atoms with van der Waals surface area (Å²) < 4.78 is 44.0. The molecule has 2 aromatic rings. The molecule has 1 heterocycles. The number of carbonyl (C=O) groups excluding carboxylic acids is 2. The highest BCUT2D eigenvalue weighted by Gasteiger charge is 2.41. The standard InChI is InChI=1S/C27H35ClN2O8S/c1-6-12-39(34,35)29-23(32)14-22-26(33)30(15-27(2,3)16-31)20-11-10-17(28)13-19(20)24(38-22)18-8-7-9-21(36-4)25(18)37-5/h7-11,13,22,24,31H,6,12,14-16H2,1-5H3,(H,29,32). The van der Waals surface area contributed by atoms with E-state index in [9.17, 15) is 23.1 Å². The van der Waals surface area contributed by atoms with Gasteiger partial charge in [0.05, 0.1) is 26.4 Å². The Bertz CT molecular complexity index is 1310. The zero-order valence-corrected chi connectivity index (χ0v) is 24.3. The molecule has 0 fully saturated rings. The fourth-order valence-corrected chi connectivity index (χ4v) is 5.66. The molecule has 0 radical (unpaired) electrons. The van der Waals surface area contributed by atoms with Crippen LogP contribution >= 0.6 is 11.6 Å². The fourth-order valence-electron chi connectivity index (χ4n) is 4.41. The fraction of sp³-hybridized carbons (Fsp3) is 0.481. The first-order chi connectivity index (χ1) is 18.4. The van der Waals surface area contributed by atoms with Crippen LogP contribution in [0.5, 0.6) is 11.5 Å². The molecule has 214 valence electrons. The minimum atomic E-state index is -3.87. The number of aliphatic hydroxyl groups is 1. The van der Waals surface area contributed by atoms with E-state index in [0.29, 0.717) is 39.8 Å². The normalized spacial score (nSPS) is 17.8. The van der Waals surface area contributed by atoms with Gasteiger partial charge in [-0.15, -0.1) is 0 Å².